The summed E-state index contributed by atoms with van der Waals surface area (Å²) in [6.45, 7) is 0.0247. The molecule has 1 spiro atoms. The molecule has 0 aromatic heterocycles. The monoisotopic (exact) mass is 466 g/mol. The average Bonchev–Trinajstić information content (AvgIpc) is 3.51. The molecule has 10 nitrogen and oxygen atoms in total. The van der Waals surface area contributed by atoms with E-state index in [2.05, 4.69) is 10.6 Å². The van der Waals surface area contributed by atoms with Gasteiger partial charge in [0, 0.05) is 23.7 Å². The summed E-state index contributed by atoms with van der Waals surface area (Å²) in [5, 5.41) is 5.70. The fourth-order valence-corrected chi connectivity index (χ4v) is 5.60. The second-order valence-corrected chi connectivity index (χ2v) is 8.83. The van der Waals surface area contributed by atoms with Gasteiger partial charge in [0.25, 0.3) is 0 Å². The fourth-order valence-electron chi connectivity index (χ4n) is 5.60. The van der Waals surface area contributed by atoms with Crippen molar-refractivity contribution in [2.24, 2.45) is 17.6 Å². The number of amides is 4. The molecule has 4 amide bonds. The number of carbonyl (C=O) groups excluding carboxylic acids is 4. The molecule has 174 valence electrons. The Morgan fingerprint density at radius 1 is 1.12 bits per heavy atom. The first kappa shape index (κ1) is 20.6. The Morgan fingerprint density at radius 3 is 2.71 bits per heavy atom. The van der Waals surface area contributed by atoms with Gasteiger partial charge in [-0.15, -0.1) is 0 Å². The van der Waals surface area contributed by atoms with Crippen LogP contribution in [-0.2, 0) is 31.3 Å². The molecule has 4 heterocycles. The van der Waals surface area contributed by atoms with E-state index in [1.165, 1.54) is 18.2 Å². The maximum absolute atomic E-state index is 14.2. The first-order valence-electron chi connectivity index (χ1n) is 10.7. The number of halogens is 1. The Morgan fingerprint density at radius 2 is 1.91 bits per heavy atom. The van der Waals surface area contributed by atoms with Crippen molar-refractivity contribution in [1.29, 1.82) is 0 Å². The number of ether oxygens (including phenoxy) is 2. The van der Waals surface area contributed by atoms with Gasteiger partial charge in [-0.1, -0.05) is 6.07 Å². The van der Waals surface area contributed by atoms with Crippen LogP contribution in [0.15, 0.2) is 36.4 Å². The normalized spacial score (nSPS) is 28.4. The maximum atomic E-state index is 14.2. The first-order chi connectivity index (χ1) is 16.3. The molecule has 4 aliphatic heterocycles. The lowest BCUT2D eigenvalue weighted by Crippen LogP contribution is -2.53. The lowest BCUT2D eigenvalue weighted by Gasteiger charge is -2.29. The third kappa shape index (κ3) is 2.70. The molecule has 11 heteroatoms. The molecule has 4 N–H and O–H groups in total. The first-order valence-corrected chi connectivity index (χ1v) is 10.7. The van der Waals surface area contributed by atoms with Crippen molar-refractivity contribution in [2.75, 3.05) is 12.1 Å². The number of imide groups is 1. The number of carbonyl (C=O) groups is 4. The quantitative estimate of drug-likeness (QED) is 0.553. The standard InChI is InChI=1S/C23H19FN4O6/c24-11-2-3-13-12(6-11)23(22(32)26-13)19-18(14(27-23)7-17(25)29)20(30)28(21(19)31)8-10-1-4-15-16(5-10)34-9-33-15/h1-6,14,18-19,27H,7-9H2,(H2,25,29)(H,26,32)/t14-,18-,19+,23-/m1/s1. The van der Waals surface area contributed by atoms with Crippen LogP contribution in [0.4, 0.5) is 10.1 Å². The Labute approximate surface area is 192 Å². The number of nitrogens with zero attached hydrogens (tertiary/aromatic N) is 1. The van der Waals surface area contributed by atoms with Gasteiger partial charge in [-0.25, -0.2) is 4.39 Å². The van der Waals surface area contributed by atoms with E-state index in [1.807, 2.05) is 0 Å². The molecule has 0 bridgehead atoms. The molecule has 2 saturated heterocycles. The number of anilines is 1. The third-order valence-electron chi connectivity index (χ3n) is 6.97. The lowest BCUT2D eigenvalue weighted by molar-refractivity contribution is -0.143. The molecule has 6 rings (SSSR count). The van der Waals surface area contributed by atoms with Crippen molar-refractivity contribution in [3.05, 3.63) is 53.3 Å². The molecule has 0 saturated carbocycles. The minimum Gasteiger partial charge on any atom is -0.454 e. The van der Waals surface area contributed by atoms with Crippen LogP contribution in [0.5, 0.6) is 11.5 Å². The highest BCUT2D eigenvalue weighted by Gasteiger charge is 2.70. The summed E-state index contributed by atoms with van der Waals surface area (Å²) < 4.78 is 24.9. The van der Waals surface area contributed by atoms with Gasteiger partial charge in [-0.2, -0.15) is 0 Å². The summed E-state index contributed by atoms with van der Waals surface area (Å²) >= 11 is 0. The van der Waals surface area contributed by atoms with Crippen molar-refractivity contribution in [1.82, 2.24) is 10.2 Å². The smallest absolute Gasteiger partial charge is 0.250 e. The minimum absolute atomic E-state index is 0.0572. The van der Waals surface area contributed by atoms with Crippen LogP contribution in [0.1, 0.15) is 17.5 Å². The summed E-state index contributed by atoms with van der Waals surface area (Å²) in [5.74, 6) is -4.11. The SMILES string of the molecule is NC(=O)C[C@H]1N[C@@]2(C(=O)Nc3ccc(F)cc32)[C@@H]2C(=O)N(Cc3ccc4c(c3)OCO4)C(=O)[C@@H]21. The van der Waals surface area contributed by atoms with Crippen LogP contribution >= 0.6 is 0 Å². The van der Waals surface area contributed by atoms with Gasteiger partial charge in [0.1, 0.15) is 11.4 Å². The van der Waals surface area contributed by atoms with E-state index in [0.717, 1.165) is 4.90 Å². The maximum Gasteiger partial charge on any atom is 0.250 e. The van der Waals surface area contributed by atoms with Crippen molar-refractivity contribution in [3.63, 3.8) is 0 Å². The van der Waals surface area contributed by atoms with Gasteiger partial charge in [-0.3, -0.25) is 29.4 Å². The van der Waals surface area contributed by atoms with Gasteiger partial charge >= 0.3 is 0 Å². The molecule has 0 aliphatic carbocycles. The van der Waals surface area contributed by atoms with E-state index < -0.39 is 52.9 Å². The van der Waals surface area contributed by atoms with Crippen LogP contribution in [0.25, 0.3) is 0 Å². The summed E-state index contributed by atoms with van der Waals surface area (Å²) in [6.07, 6.45) is -0.266. The van der Waals surface area contributed by atoms with Crippen LogP contribution in [0.2, 0.25) is 0 Å². The minimum atomic E-state index is -1.70. The molecule has 2 aromatic carbocycles. The predicted octanol–water partition coefficient (Wildman–Crippen LogP) is 0.350. The Kier molecular flexibility index (Phi) is 4.24. The summed E-state index contributed by atoms with van der Waals surface area (Å²) in [5.41, 5.74) is 4.91. The van der Waals surface area contributed by atoms with Gasteiger partial charge < -0.3 is 20.5 Å². The van der Waals surface area contributed by atoms with Crippen molar-refractivity contribution in [3.8, 4) is 11.5 Å². The van der Waals surface area contributed by atoms with E-state index in [0.29, 0.717) is 22.7 Å². The zero-order valence-corrected chi connectivity index (χ0v) is 17.7. The molecule has 0 unspecified atom stereocenters. The number of likely N-dealkylation sites (tertiary alicyclic amines) is 1. The van der Waals surface area contributed by atoms with Gasteiger partial charge in [0.05, 0.1) is 18.4 Å². The second-order valence-electron chi connectivity index (χ2n) is 8.83. The highest BCUT2D eigenvalue weighted by Crippen LogP contribution is 2.53. The second kappa shape index (κ2) is 7.00. The van der Waals surface area contributed by atoms with Gasteiger partial charge in [0.15, 0.2) is 11.5 Å². The van der Waals surface area contributed by atoms with Crippen molar-refractivity contribution in [2.45, 2.75) is 24.5 Å². The molecule has 34 heavy (non-hydrogen) atoms. The topological polar surface area (TPSA) is 140 Å². The zero-order valence-electron chi connectivity index (χ0n) is 17.7. The summed E-state index contributed by atoms with van der Waals surface area (Å²) in [4.78, 5) is 53.3. The van der Waals surface area contributed by atoms with Crippen LogP contribution in [0.3, 0.4) is 0 Å². The predicted molar refractivity (Wildman–Crippen MR) is 113 cm³/mol. The average molecular weight is 466 g/mol. The van der Waals surface area contributed by atoms with Crippen molar-refractivity contribution >= 4 is 29.3 Å². The summed E-state index contributed by atoms with van der Waals surface area (Å²) in [7, 11) is 0. The van der Waals surface area contributed by atoms with Crippen LogP contribution < -0.4 is 25.8 Å². The molecular formula is C23H19FN4O6. The van der Waals surface area contributed by atoms with E-state index in [1.54, 1.807) is 18.2 Å². The Bertz CT molecular complexity index is 1300. The highest BCUT2D eigenvalue weighted by molar-refractivity contribution is 6.15. The van der Waals surface area contributed by atoms with E-state index >= 15 is 0 Å². The molecule has 2 fully saturated rings. The number of primary amides is 1. The van der Waals surface area contributed by atoms with Gasteiger partial charge in [0.2, 0.25) is 30.4 Å². The Balaban J connectivity index is 1.42. The van der Waals surface area contributed by atoms with E-state index in [4.69, 9.17) is 15.2 Å². The molecule has 4 atom stereocenters. The largest absolute Gasteiger partial charge is 0.454 e. The van der Waals surface area contributed by atoms with Crippen LogP contribution in [-0.4, -0.2) is 41.4 Å². The van der Waals surface area contributed by atoms with E-state index in [9.17, 15) is 23.6 Å². The number of hydrogen-bond acceptors (Lipinski definition) is 7. The van der Waals surface area contributed by atoms with E-state index in [-0.39, 0.29) is 25.3 Å². The molecule has 0 radical (unpaired) electrons. The number of fused-ring (bicyclic) bond motifs is 5. The number of hydrogen-bond donors (Lipinski definition) is 3. The van der Waals surface area contributed by atoms with Crippen LogP contribution in [0, 0.1) is 17.7 Å². The lowest BCUT2D eigenvalue weighted by atomic mass is 9.76. The highest BCUT2D eigenvalue weighted by atomic mass is 19.1. The summed E-state index contributed by atoms with van der Waals surface area (Å²) in [6, 6.07) is 7.97. The third-order valence-corrected chi connectivity index (χ3v) is 6.97. The molecular weight excluding hydrogens is 447 g/mol. The fraction of sp³-hybridized carbons (Fsp3) is 0.304. The number of benzene rings is 2. The molecule has 2 aromatic rings. The number of rotatable bonds is 4. The number of nitrogens with one attached hydrogen (secondary N) is 2. The molecule has 4 aliphatic rings. The zero-order chi connectivity index (χ0) is 23.8. The van der Waals surface area contributed by atoms with Crippen molar-refractivity contribution < 1.29 is 33.0 Å². The Hall–Kier alpha value is -3.99. The number of nitrogens with two attached hydrogens (primary N) is 1. The van der Waals surface area contributed by atoms with Gasteiger partial charge in [-0.05, 0) is 35.9 Å².